The average molecular weight is 264 g/mol. The van der Waals surface area contributed by atoms with E-state index in [0.717, 1.165) is 12.2 Å². The van der Waals surface area contributed by atoms with Gasteiger partial charge in [0.25, 0.3) is 5.91 Å². The minimum Gasteiger partial charge on any atom is -0.363 e. The van der Waals surface area contributed by atoms with Gasteiger partial charge < -0.3 is 15.0 Å². The second-order valence-corrected chi connectivity index (χ2v) is 5.02. The Kier molecular flexibility index (Phi) is 4.44. The fourth-order valence-corrected chi connectivity index (χ4v) is 2.15. The van der Waals surface area contributed by atoms with E-state index in [1.54, 1.807) is 18.6 Å². The van der Waals surface area contributed by atoms with Crippen molar-refractivity contribution in [3.63, 3.8) is 0 Å². The highest BCUT2D eigenvalue weighted by Gasteiger charge is 2.37. The van der Waals surface area contributed by atoms with Crippen LogP contribution in [0.5, 0.6) is 0 Å². The van der Waals surface area contributed by atoms with Gasteiger partial charge in [0.2, 0.25) is 0 Å². The number of aromatic nitrogens is 2. The van der Waals surface area contributed by atoms with Crippen molar-refractivity contribution in [2.75, 3.05) is 33.3 Å². The molecule has 0 aliphatic carbocycles. The molecule has 1 unspecified atom stereocenters. The molecule has 2 rings (SSSR count). The predicted octanol–water partition coefficient (Wildman–Crippen LogP) is -0.144. The molecule has 1 fully saturated rings. The Balaban J connectivity index is 1.81. The van der Waals surface area contributed by atoms with E-state index in [2.05, 4.69) is 20.2 Å². The smallest absolute Gasteiger partial charge is 0.253 e. The number of carbonyl (C=O) groups is 1. The molecule has 19 heavy (non-hydrogen) atoms. The Morgan fingerprint density at radius 1 is 1.58 bits per heavy atom. The molecular weight excluding hydrogens is 244 g/mol. The highest BCUT2D eigenvalue weighted by Crippen LogP contribution is 2.16. The maximum atomic E-state index is 12.2. The molecule has 0 saturated carbocycles. The summed E-state index contributed by atoms with van der Waals surface area (Å²) in [5.41, 5.74) is 0.115. The fraction of sp³-hybridized carbons (Fsp3) is 0.615. The molecule has 2 heterocycles. The first-order valence-electron chi connectivity index (χ1n) is 6.46. The molecule has 1 amide bonds. The number of hydrogen-bond donors (Lipinski definition) is 1. The molecule has 0 radical (unpaired) electrons. The van der Waals surface area contributed by atoms with Crippen LogP contribution in [-0.2, 0) is 16.0 Å². The number of likely N-dealkylation sites (N-methyl/N-ethyl adjacent to an activating group) is 1. The van der Waals surface area contributed by atoms with Gasteiger partial charge in [0.15, 0.2) is 5.60 Å². The van der Waals surface area contributed by atoms with Crippen LogP contribution in [-0.4, -0.2) is 59.7 Å². The monoisotopic (exact) mass is 264 g/mol. The second-order valence-electron chi connectivity index (χ2n) is 5.02. The lowest BCUT2D eigenvalue weighted by molar-refractivity contribution is -0.155. The zero-order valence-electron chi connectivity index (χ0n) is 11.4. The predicted molar refractivity (Wildman–Crippen MR) is 70.6 cm³/mol. The number of rotatable bonds is 4. The van der Waals surface area contributed by atoms with Gasteiger partial charge in [0.05, 0.1) is 12.3 Å². The Morgan fingerprint density at radius 3 is 3.11 bits per heavy atom. The maximum absolute atomic E-state index is 12.2. The molecule has 1 aromatic rings. The summed E-state index contributed by atoms with van der Waals surface area (Å²) in [6, 6.07) is 0. The van der Waals surface area contributed by atoms with Gasteiger partial charge in [-0.05, 0) is 14.0 Å². The highest BCUT2D eigenvalue weighted by molar-refractivity contribution is 5.85. The molecule has 6 nitrogen and oxygen atoms in total. The van der Waals surface area contributed by atoms with Crippen LogP contribution in [0.2, 0.25) is 0 Å². The normalized spacial score (nSPS) is 24.1. The maximum Gasteiger partial charge on any atom is 0.253 e. The van der Waals surface area contributed by atoms with E-state index in [1.165, 1.54) is 0 Å². The molecular formula is C13H20N4O2. The summed E-state index contributed by atoms with van der Waals surface area (Å²) >= 11 is 0. The van der Waals surface area contributed by atoms with Crippen LogP contribution in [0.25, 0.3) is 0 Å². The average Bonchev–Trinajstić information content (AvgIpc) is 2.39. The standard InChI is InChI=1S/C13H20N4O2/c1-13(10-17(2)7-8-19-13)12(18)16-4-3-11-9-14-5-6-15-11/h5-6,9H,3-4,7-8,10H2,1-2H3,(H,16,18). The first-order chi connectivity index (χ1) is 9.10. The van der Waals surface area contributed by atoms with Gasteiger partial charge in [0.1, 0.15) is 0 Å². The van der Waals surface area contributed by atoms with Crippen molar-refractivity contribution in [1.82, 2.24) is 20.2 Å². The Bertz CT molecular complexity index is 426. The van der Waals surface area contributed by atoms with Crippen LogP contribution in [0.3, 0.4) is 0 Å². The van der Waals surface area contributed by atoms with Gasteiger partial charge in [0, 0.05) is 44.6 Å². The van der Waals surface area contributed by atoms with Crippen LogP contribution < -0.4 is 5.32 Å². The van der Waals surface area contributed by atoms with E-state index >= 15 is 0 Å². The number of nitrogens with one attached hydrogen (secondary N) is 1. The minimum atomic E-state index is -0.755. The third-order valence-corrected chi connectivity index (χ3v) is 3.23. The number of nitrogens with zero attached hydrogens (tertiary/aromatic N) is 3. The van der Waals surface area contributed by atoms with E-state index in [1.807, 2.05) is 14.0 Å². The summed E-state index contributed by atoms with van der Waals surface area (Å²) in [7, 11) is 1.99. The number of amides is 1. The molecule has 0 spiro atoms. The summed E-state index contributed by atoms with van der Waals surface area (Å²) in [5, 5.41) is 2.90. The van der Waals surface area contributed by atoms with Crippen molar-refractivity contribution in [2.24, 2.45) is 0 Å². The number of morpholine rings is 1. The van der Waals surface area contributed by atoms with Crippen molar-refractivity contribution in [3.05, 3.63) is 24.3 Å². The topological polar surface area (TPSA) is 67.3 Å². The number of carbonyl (C=O) groups excluding carboxylic acids is 1. The van der Waals surface area contributed by atoms with Crippen LogP contribution in [0, 0.1) is 0 Å². The lowest BCUT2D eigenvalue weighted by atomic mass is 10.0. The largest absolute Gasteiger partial charge is 0.363 e. The van der Waals surface area contributed by atoms with Crippen molar-refractivity contribution in [1.29, 1.82) is 0 Å². The van der Waals surface area contributed by atoms with Gasteiger partial charge in [-0.25, -0.2) is 0 Å². The van der Waals surface area contributed by atoms with Crippen molar-refractivity contribution in [2.45, 2.75) is 18.9 Å². The van der Waals surface area contributed by atoms with Gasteiger partial charge in [-0.1, -0.05) is 0 Å². The molecule has 1 aliphatic rings. The molecule has 1 aromatic heterocycles. The third kappa shape index (κ3) is 3.71. The van der Waals surface area contributed by atoms with Crippen LogP contribution in [0.1, 0.15) is 12.6 Å². The summed E-state index contributed by atoms with van der Waals surface area (Å²) in [6.45, 7) is 4.44. The van der Waals surface area contributed by atoms with Gasteiger partial charge >= 0.3 is 0 Å². The summed E-state index contributed by atoms with van der Waals surface area (Å²) in [4.78, 5) is 22.4. The van der Waals surface area contributed by atoms with Crippen LogP contribution in [0.4, 0.5) is 0 Å². The second kappa shape index (κ2) is 6.08. The first kappa shape index (κ1) is 13.9. The Labute approximate surface area is 113 Å². The first-order valence-corrected chi connectivity index (χ1v) is 6.46. The fourth-order valence-electron chi connectivity index (χ4n) is 2.15. The number of ether oxygens (including phenoxy) is 1. The molecule has 1 aliphatic heterocycles. The zero-order chi connectivity index (χ0) is 13.7. The Hall–Kier alpha value is -1.53. The van der Waals surface area contributed by atoms with E-state index in [9.17, 15) is 4.79 Å². The zero-order valence-corrected chi connectivity index (χ0v) is 11.4. The summed E-state index contributed by atoms with van der Waals surface area (Å²) in [5.74, 6) is -0.0667. The van der Waals surface area contributed by atoms with Crippen molar-refractivity contribution >= 4 is 5.91 Å². The quantitative estimate of drug-likeness (QED) is 0.819. The van der Waals surface area contributed by atoms with E-state index in [-0.39, 0.29) is 5.91 Å². The Morgan fingerprint density at radius 2 is 2.42 bits per heavy atom. The van der Waals surface area contributed by atoms with Gasteiger partial charge in [-0.15, -0.1) is 0 Å². The lowest BCUT2D eigenvalue weighted by Crippen LogP contribution is -2.57. The van der Waals surface area contributed by atoms with E-state index in [4.69, 9.17) is 4.74 Å². The highest BCUT2D eigenvalue weighted by atomic mass is 16.5. The van der Waals surface area contributed by atoms with Crippen molar-refractivity contribution in [3.8, 4) is 0 Å². The lowest BCUT2D eigenvalue weighted by Gasteiger charge is -2.37. The van der Waals surface area contributed by atoms with Crippen LogP contribution in [0.15, 0.2) is 18.6 Å². The van der Waals surface area contributed by atoms with E-state index < -0.39 is 5.60 Å². The molecule has 1 atom stereocenters. The van der Waals surface area contributed by atoms with Gasteiger partial charge in [-0.2, -0.15) is 0 Å². The van der Waals surface area contributed by atoms with E-state index in [0.29, 0.717) is 26.1 Å². The molecule has 0 bridgehead atoms. The summed E-state index contributed by atoms with van der Waals surface area (Å²) < 4.78 is 5.62. The van der Waals surface area contributed by atoms with Crippen LogP contribution >= 0.6 is 0 Å². The molecule has 1 saturated heterocycles. The molecule has 104 valence electrons. The molecule has 1 N–H and O–H groups in total. The van der Waals surface area contributed by atoms with Gasteiger partial charge in [-0.3, -0.25) is 14.8 Å². The third-order valence-electron chi connectivity index (χ3n) is 3.23. The summed E-state index contributed by atoms with van der Waals surface area (Å²) in [6.07, 6.45) is 5.66. The molecule has 0 aromatic carbocycles. The SMILES string of the molecule is CN1CCOC(C)(C(=O)NCCc2cnccn2)C1. The van der Waals surface area contributed by atoms with Crippen molar-refractivity contribution < 1.29 is 9.53 Å². The molecule has 6 heteroatoms. The minimum absolute atomic E-state index is 0.0667. The number of hydrogen-bond acceptors (Lipinski definition) is 5.